The molecule has 5 aromatic rings. The number of fused-ring (bicyclic) bond motifs is 1. The van der Waals surface area contributed by atoms with E-state index in [4.69, 9.17) is 9.47 Å². The fourth-order valence-corrected chi connectivity index (χ4v) is 6.78. The molecule has 6 rings (SSSR count). The van der Waals surface area contributed by atoms with Crippen molar-refractivity contribution >= 4 is 34.7 Å². The van der Waals surface area contributed by atoms with Crippen molar-refractivity contribution in [1.29, 1.82) is 0 Å². The minimum atomic E-state index is -4.23. The van der Waals surface area contributed by atoms with Gasteiger partial charge < -0.3 is 25.1 Å². The van der Waals surface area contributed by atoms with Gasteiger partial charge in [-0.15, -0.1) is 11.3 Å². The first-order valence-corrected chi connectivity index (χ1v) is 17.7. The van der Waals surface area contributed by atoms with E-state index >= 15 is 0 Å². The van der Waals surface area contributed by atoms with Crippen LogP contribution in [0.4, 0.5) is 19.1 Å². The van der Waals surface area contributed by atoms with Gasteiger partial charge in [0.1, 0.15) is 18.0 Å². The summed E-state index contributed by atoms with van der Waals surface area (Å²) < 4.78 is 49.4. The summed E-state index contributed by atoms with van der Waals surface area (Å²) in [5.41, 5.74) is 8.49. The van der Waals surface area contributed by atoms with Crippen LogP contribution in [0.5, 0.6) is 5.75 Å². The van der Waals surface area contributed by atoms with Crippen LogP contribution in [0.3, 0.4) is 0 Å². The lowest BCUT2D eigenvalue weighted by atomic mass is 10.0. The molecule has 1 fully saturated rings. The Hall–Kier alpha value is -4.57. The summed E-state index contributed by atoms with van der Waals surface area (Å²) >= 11 is 1.59. The molecule has 4 heterocycles. The third kappa shape index (κ3) is 10.0. The molecule has 1 amide bonds. The van der Waals surface area contributed by atoms with Crippen LogP contribution < -0.4 is 15.4 Å². The number of aromatic nitrogens is 4. The highest BCUT2D eigenvalue weighted by molar-refractivity contribution is 7.13. The molecular formula is C36H41F3N8O3S. The molecule has 2 aromatic carbocycles. The number of piperazine rings is 1. The van der Waals surface area contributed by atoms with Crippen molar-refractivity contribution < 1.29 is 27.4 Å². The van der Waals surface area contributed by atoms with Gasteiger partial charge in [-0.25, -0.2) is 9.97 Å². The molecule has 15 heteroatoms. The van der Waals surface area contributed by atoms with Crippen LogP contribution in [0.15, 0.2) is 60.4 Å². The molecule has 0 radical (unpaired) electrons. The summed E-state index contributed by atoms with van der Waals surface area (Å²) in [6, 6.07) is 14.4. The molecule has 11 nitrogen and oxygen atoms in total. The number of carbonyl (C=O) groups excluding carboxylic acids is 1. The Balaban J connectivity index is 0.902. The van der Waals surface area contributed by atoms with E-state index in [1.807, 2.05) is 36.8 Å². The highest BCUT2D eigenvalue weighted by Gasteiger charge is 2.26. The third-order valence-electron chi connectivity index (χ3n) is 8.75. The number of aryl methyl sites for hydroxylation is 1. The van der Waals surface area contributed by atoms with Crippen molar-refractivity contribution in [2.75, 3.05) is 64.4 Å². The molecule has 0 saturated carbocycles. The topological polar surface area (TPSA) is 121 Å². The lowest BCUT2D eigenvalue weighted by molar-refractivity contribution is -0.131. The highest BCUT2D eigenvalue weighted by Crippen LogP contribution is 2.32. The van der Waals surface area contributed by atoms with Gasteiger partial charge in [0, 0.05) is 81.3 Å². The van der Waals surface area contributed by atoms with E-state index in [1.54, 1.807) is 17.5 Å². The van der Waals surface area contributed by atoms with Crippen LogP contribution in [0, 0.1) is 6.92 Å². The molecular weight excluding hydrogens is 682 g/mol. The van der Waals surface area contributed by atoms with Gasteiger partial charge >= 0.3 is 6.18 Å². The Morgan fingerprint density at radius 2 is 1.78 bits per heavy atom. The summed E-state index contributed by atoms with van der Waals surface area (Å²) in [6.07, 6.45) is -1.01. The lowest BCUT2D eigenvalue weighted by Crippen LogP contribution is -2.46. The number of anilines is 1. The van der Waals surface area contributed by atoms with Crippen molar-refractivity contribution in [3.8, 4) is 27.3 Å². The van der Waals surface area contributed by atoms with E-state index in [0.29, 0.717) is 38.4 Å². The number of rotatable bonds is 17. The maximum atomic E-state index is 12.5. The largest absolute Gasteiger partial charge is 0.491 e. The molecule has 0 aliphatic carbocycles. The summed E-state index contributed by atoms with van der Waals surface area (Å²) in [4.78, 5) is 32.8. The first-order valence-electron chi connectivity index (χ1n) is 16.9. The van der Waals surface area contributed by atoms with E-state index in [-0.39, 0.29) is 12.5 Å². The highest BCUT2D eigenvalue weighted by atomic mass is 32.1. The quantitative estimate of drug-likeness (QED) is 0.0799. The SMILES string of the molecule is Cc1ncsc1-c1ccc(CNC=O)c(OCCOCCN2CCN(Cc3ccc(-c4c[nH]c5nc(NCCC(F)(F)F)ncc45)cc3)CC2)c1. The number of nitrogens with zero attached hydrogens (tertiary/aromatic N) is 5. The van der Waals surface area contributed by atoms with Crippen LogP contribution in [0.2, 0.25) is 0 Å². The zero-order valence-corrected chi connectivity index (χ0v) is 29.2. The van der Waals surface area contributed by atoms with Gasteiger partial charge in [-0.3, -0.25) is 14.6 Å². The first-order chi connectivity index (χ1) is 24.8. The number of carbonyl (C=O) groups is 1. The number of halogens is 3. The van der Waals surface area contributed by atoms with Crippen molar-refractivity contribution in [3.05, 3.63) is 77.2 Å². The molecule has 51 heavy (non-hydrogen) atoms. The lowest BCUT2D eigenvalue weighted by Gasteiger charge is -2.34. The van der Waals surface area contributed by atoms with Gasteiger partial charge in [0.05, 0.1) is 35.7 Å². The van der Waals surface area contributed by atoms with Crippen LogP contribution in [0.1, 0.15) is 23.2 Å². The molecule has 1 aliphatic heterocycles. The number of amides is 1. The summed E-state index contributed by atoms with van der Waals surface area (Å²) in [6.45, 7) is 9.20. The van der Waals surface area contributed by atoms with Gasteiger partial charge in [-0.1, -0.05) is 36.4 Å². The predicted molar refractivity (Wildman–Crippen MR) is 192 cm³/mol. The Morgan fingerprint density at radius 3 is 2.53 bits per heavy atom. The van der Waals surface area contributed by atoms with E-state index in [2.05, 4.69) is 64.6 Å². The number of ether oxygens (including phenoxy) is 2. The maximum absolute atomic E-state index is 12.5. The van der Waals surface area contributed by atoms with Crippen molar-refractivity contribution in [2.45, 2.75) is 32.6 Å². The smallest absolute Gasteiger partial charge is 0.390 e. The Morgan fingerprint density at radius 1 is 1.00 bits per heavy atom. The number of alkyl halides is 3. The van der Waals surface area contributed by atoms with Crippen LogP contribution in [-0.2, 0) is 22.6 Å². The van der Waals surface area contributed by atoms with Gasteiger partial charge in [0.25, 0.3) is 0 Å². The number of benzene rings is 2. The Kier molecular flexibility index (Phi) is 12.1. The summed E-state index contributed by atoms with van der Waals surface area (Å²) in [5.74, 6) is 0.890. The molecule has 0 atom stereocenters. The predicted octanol–water partition coefficient (Wildman–Crippen LogP) is 5.88. The summed E-state index contributed by atoms with van der Waals surface area (Å²) in [5, 5.41) is 6.16. The molecule has 1 saturated heterocycles. The van der Waals surface area contributed by atoms with Crippen molar-refractivity contribution in [3.63, 3.8) is 0 Å². The van der Waals surface area contributed by atoms with Crippen molar-refractivity contribution in [2.24, 2.45) is 0 Å². The average Bonchev–Trinajstić information content (AvgIpc) is 3.75. The number of aromatic amines is 1. The Labute approximate surface area is 298 Å². The van der Waals surface area contributed by atoms with Crippen LogP contribution >= 0.6 is 11.3 Å². The Bertz CT molecular complexity index is 1870. The zero-order valence-electron chi connectivity index (χ0n) is 28.3. The number of hydrogen-bond donors (Lipinski definition) is 3. The molecule has 270 valence electrons. The van der Waals surface area contributed by atoms with Crippen molar-refractivity contribution in [1.82, 2.24) is 35.1 Å². The third-order valence-corrected chi connectivity index (χ3v) is 9.73. The van der Waals surface area contributed by atoms with E-state index in [1.165, 1.54) is 5.56 Å². The van der Waals surface area contributed by atoms with E-state index in [0.717, 1.165) is 83.2 Å². The molecule has 3 N–H and O–H groups in total. The summed E-state index contributed by atoms with van der Waals surface area (Å²) in [7, 11) is 0. The van der Waals surface area contributed by atoms with Gasteiger partial charge in [0.15, 0.2) is 0 Å². The number of nitrogens with one attached hydrogen (secondary N) is 3. The monoisotopic (exact) mass is 722 g/mol. The van der Waals surface area contributed by atoms with E-state index < -0.39 is 12.6 Å². The molecule has 1 aliphatic rings. The first kappa shape index (κ1) is 36.2. The molecule has 0 spiro atoms. The van der Waals surface area contributed by atoms with Gasteiger partial charge in [-0.2, -0.15) is 18.2 Å². The zero-order chi connectivity index (χ0) is 35.6. The number of thiazole rings is 1. The van der Waals surface area contributed by atoms with Crippen LogP contribution in [-0.4, -0.2) is 101 Å². The second-order valence-electron chi connectivity index (χ2n) is 12.3. The minimum Gasteiger partial charge on any atom is -0.491 e. The average molecular weight is 723 g/mol. The van der Waals surface area contributed by atoms with Gasteiger partial charge in [0.2, 0.25) is 12.4 Å². The fraction of sp³-hybridized carbons (Fsp3) is 0.389. The number of H-pyrrole nitrogens is 1. The van der Waals surface area contributed by atoms with Gasteiger partial charge in [-0.05, 0) is 29.7 Å². The minimum absolute atomic E-state index is 0.161. The fourth-order valence-electron chi connectivity index (χ4n) is 5.98. The second kappa shape index (κ2) is 17.1. The van der Waals surface area contributed by atoms with Crippen LogP contribution in [0.25, 0.3) is 32.6 Å². The van der Waals surface area contributed by atoms with E-state index in [9.17, 15) is 18.0 Å². The molecule has 0 unspecified atom stereocenters. The normalized spacial score (nSPS) is 14.2. The maximum Gasteiger partial charge on any atom is 0.390 e. The molecule has 3 aromatic heterocycles. The number of hydrogen-bond acceptors (Lipinski definition) is 10. The second-order valence-corrected chi connectivity index (χ2v) is 13.2. The molecule has 0 bridgehead atoms. The standard InChI is InChI=1S/C36H41F3N8O3S/c1-25-33(51-24-44-25)28-6-7-29(19-40-23-48)32(18-28)50-17-16-49-15-14-46-10-12-47(13-11-46)22-26-2-4-27(5-3-26)30-20-42-34-31(30)21-43-35(45-34)41-9-8-36(37,38)39/h2-7,18,20-21,23-24H,8-17,19,22H2,1H3,(H,40,48)(H2,41,42,43,45).